The van der Waals surface area contributed by atoms with Gasteiger partial charge in [-0.25, -0.2) is 8.42 Å². The molecule has 132 valence electrons. The molecule has 0 aromatic heterocycles. The van der Waals surface area contributed by atoms with E-state index in [1.54, 1.807) is 0 Å². The van der Waals surface area contributed by atoms with Gasteiger partial charge < -0.3 is 4.90 Å². The maximum atomic E-state index is 12.4. The summed E-state index contributed by atoms with van der Waals surface area (Å²) >= 11 is 0. The van der Waals surface area contributed by atoms with E-state index in [0.717, 1.165) is 39.1 Å². The average molecular weight is 350 g/mol. The van der Waals surface area contributed by atoms with Crippen molar-refractivity contribution in [3.8, 4) is 0 Å². The number of carbonyl (C=O) groups excluding carboxylic acids is 1. The first-order valence-corrected chi connectivity index (χ1v) is 10.6. The lowest BCUT2D eigenvalue weighted by atomic mass is 10.0. The van der Waals surface area contributed by atoms with Crippen molar-refractivity contribution in [2.24, 2.45) is 5.92 Å². The molecule has 0 N–H and O–H groups in total. The maximum Gasteiger partial charge on any atom is 0.222 e. The molecule has 1 aromatic rings. The average Bonchev–Trinajstić information content (AvgIpc) is 2.93. The summed E-state index contributed by atoms with van der Waals surface area (Å²) in [6.45, 7) is 4.34. The second kappa shape index (κ2) is 7.66. The van der Waals surface area contributed by atoms with Crippen LogP contribution >= 0.6 is 0 Å². The van der Waals surface area contributed by atoms with Crippen LogP contribution in [0.4, 0.5) is 0 Å². The number of amides is 1. The number of sulfone groups is 1. The largest absolute Gasteiger partial charge is 0.340 e. The van der Waals surface area contributed by atoms with Crippen molar-refractivity contribution in [2.75, 3.05) is 44.2 Å². The van der Waals surface area contributed by atoms with E-state index in [4.69, 9.17) is 0 Å². The molecule has 2 aliphatic heterocycles. The Morgan fingerprint density at radius 2 is 1.79 bits per heavy atom. The number of carbonyl (C=O) groups is 1. The van der Waals surface area contributed by atoms with Crippen LogP contribution in [0.25, 0.3) is 0 Å². The van der Waals surface area contributed by atoms with Crippen molar-refractivity contribution < 1.29 is 13.2 Å². The van der Waals surface area contributed by atoms with E-state index in [0.29, 0.717) is 12.8 Å². The second-order valence-corrected chi connectivity index (χ2v) is 9.16. The highest BCUT2D eigenvalue weighted by atomic mass is 32.2. The lowest BCUT2D eigenvalue weighted by molar-refractivity contribution is -0.133. The number of hydrogen-bond acceptors (Lipinski definition) is 4. The second-order valence-electron chi connectivity index (χ2n) is 6.93. The first-order valence-electron chi connectivity index (χ1n) is 8.76. The van der Waals surface area contributed by atoms with Crippen LogP contribution in [0.5, 0.6) is 0 Å². The van der Waals surface area contributed by atoms with Crippen LogP contribution in [-0.4, -0.2) is 68.4 Å². The van der Waals surface area contributed by atoms with E-state index in [9.17, 15) is 13.2 Å². The minimum Gasteiger partial charge on any atom is -0.340 e. The minimum atomic E-state index is -2.89. The first kappa shape index (κ1) is 17.4. The van der Waals surface area contributed by atoms with E-state index in [1.165, 1.54) is 5.56 Å². The van der Waals surface area contributed by atoms with Crippen LogP contribution in [-0.2, 0) is 21.1 Å². The van der Waals surface area contributed by atoms with Crippen LogP contribution in [0.2, 0.25) is 0 Å². The Balaban J connectivity index is 1.39. The minimum absolute atomic E-state index is 0.0265. The van der Waals surface area contributed by atoms with E-state index >= 15 is 0 Å². The summed E-state index contributed by atoms with van der Waals surface area (Å²) in [6, 6.07) is 10.5. The van der Waals surface area contributed by atoms with Crippen molar-refractivity contribution >= 4 is 15.7 Å². The molecule has 2 saturated heterocycles. The molecule has 2 fully saturated rings. The van der Waals surface area contributed by atoms with Crippen molar-refractivity contribution in [3.05, 3.63) is 35.9 Å². The highest BCUT2D eigenvalue weighted by Gasteiger charge is 2.31. The predicted octanol–water partition coefficient (Wildman–Crippen LogP) is 1.20. The summed E-state index contributed by atoms with van der Waals surface area (Å²) in [4.78, 5) is 16.7. The molecule has 0 saturated carbocycles. The zero-order chi connectivity index (χ0) is 17.0. The van der Waals surface area contributed by atoms with Gasteiger partial charge in [0.05, 0.1) is 11.5 Å². The molecule has 6 heteroatoms. The number of nitrogens with zero attached hydrogens (tertiary/aromatic N) is 2. The molecule has 2 heterocycles. The van der Waals surface area contributed by atoms with Crippen LogP contribution in [0.1, 0.15) is 18.4 Å². The number of benzene rings is 1. The molecule has 0 aliphatic carbocycles. The quantitative estimate of drug-likeness (QED) is 0.801. The van der Waals surface area contributed by atoms with Crippen LogP contribution in [0.15, 0.2) is 30.3 Å². The van der Waals surface area contributed by atoms with Gasteiger partial charge in [-0.3, -0.25) is 9.69 Å². The van der Waals surface area contributed by atoms with Crippen LogP contribution in [0, 0.1) is 5.92 Å². The normalized spacial score (nSPS) is 24.2. The molecule has 0 radical (unpaired) electrons. The lowest BCUT2D eigenvalue weighted by Crippen LogP contribution is -2.49. The monoisotopic (exact) mass is 350 g/mol. The number of hydrogen-bond donors (Lipinski definition) is 0. The van der Waals surface area contributed by atoms with Crippen molar-refractivity contribution in [3.63, 3.8) is 0 Å². The zero-order valence-electron chi connectivity index (χ0n) is 14.1. The molecule has 0 bridgehead atoms. The van der Waals surface area contributed by atoms with Gasteiger partial charge in [0.1, 0.15) is 0 Å². The third-order valence-corrected chi connectivity index (χ3v) is 6.91. The summed E-state index contributed by atoms with van der Waals surface area (Å²) in [5.41, 5.74) is 1.35. The fourth-order valence-corrected chi connectivity index (χ4v) is 5.42. The molecule has 5 nitrogen and oxygen atoms in total. The Hall–Kier alpha value is -1.40. The number of piperazine rings is 1. The SMILES string of the molecule is O=C(CC1CCS(=O)(=O)C1)N1CCN(CCc2ccccc2)CC1. The van der Waals surface area contributed by atoms with E-state index < -0.39 is 9.84 Å². The van der Waals surface area contributed by atoms with Gasteiger partial charge in [-0.2, -0.15) is 0 Å². The molecule has 2 aliphatic rings. The van der Waals surface area contributed by atoms with Gasteiger partial charge in [0.15, 0.2) is 9.84 Å². The fourth-order valence-electron chi connectivity index (χ4n) is 3.56. The molecule has 3 rings (SSSR count). The fraction of sp³-hybridized carbons (Fsp3) is 0.611. The third kappa shape index (κ3) is 4.80. The maximum absolute atomic E-state index is 12.4. The van der Waals surface area contributed by atoms with Gasteiger partial charge in [-0.15, -0.1) is 0 Å². The predicted molar refractivity (Wildman–Crippen MR) is 94.5 cm³/mol. The highest BCUT2D eigenvalue weighted by Crippen LogP contribution is 2.22. The summed E-state index contributed by atoms with van der Waals surface area (Å²) < 4.78 is 23.0. The van der Waals surface area contributed by atoms with Crippen LogP contribution < -0.4 is 0 Å². The van der Waals surface area contributed by atoms with Gasteiger partial charge in [0, 0.05) is 39.1 Å². The standard InChI is InChI=1S/C18H26N2O3S/c21-18(14-17-7-13-24(22,23)15-17)20-11-9-19(10-12-20)8-6-16-4-2-1-3-5-16/h1-5,17H,6-15H2. The van der Waals surface area contributed by atoms with E-state index in [2.05, 4.69) is 29.2 Å². The van der Waals surface area contributed by atoms with Crippen molar-refractivity contribution in [1.82, 2.24) is 9.80 Å². The Labute approximate surface area is 144 Å². The van der Waals surface area contributed by atoms with Crippen molar-refractivity contribution in [2.45, 2.75) is 19.3 Å². The summed E-state index contributed by atoms with van der Waals surface area (Å²) in [6.07, 6.45) is 2.07. The topological polar surface area (TPSA) is 57.7 Å². The Morgan fingerprint density at radius 3 is 2.42 bits per heavy atom. The van der Waals surface area contributed by atoms with E-state index in [-0.39, 0.29) is 23.3 Å². The molecule has 1 amide bonds. The lowest BCUT2D eigenvalue weighted by Gasteiger charge is -2.35. The number of rotatable bonds is 5. The first-order chi connectivity index (χ1) is 11.5. The molecule has 24 heavy (non-hydrogen) atoms. The van der Waals surface area contributed by atoms with Crippen molar-refractivity contribution in [1.29, 1.82) is 0 Å². The van der Waals surface area contributed by atoms with Crippen LogP contribution in [0.3, 0.4) is 0 Å². The summed E-state index contributed by atoms with van der Waals surface area (Å²) in [5, 5.41) is 0. The van der Waals surface area contributed by atoms with Gasteiger partial charge in [0.25, 0.3) is 0 Å². The molecule has 1 unspecified atom stereocenters. The Bertz CT molecular complexity index is 652. The third-order valence-electron chi connectivity index (χ3n) is 5.07. The van der Waals surface area contributed by atoms with Gasteiger partial charge in [-0.1, -0.05) is 30.3 Å². The molecule has 1 atom stereocenters. The smallest absolute Gasteiger partial charge is 0.222 e. The summed E-state index contributed by atoms with van der Waals surface area (Å²) in [7, 11) is -2.89. The van der Waals surface area contributed by atoms with Gasteiger partial charge in [0.2, 0.25) is 5.91 Å². The molecular formula is C18H26N2O3S. The molecule has 0 spiro atoms. The highest BCUT2D eigenvalue weighted by molar-refractivity contribution is 7.91. The molecule has 1 aromatic carbocycles. The summed E-state index contributed by atoms with van der Waals surface area (Å²) in [5.74, 6) is 0.590. The van der Waals surface area contributed by atoms with E-state index in [1.807, 2.05) is 11.0 Å². The van der Waals surface area contributed by atoms with Gasteiger partial charge in [-0.05, 0) is 24.3 Å². The Kier molecular flexibility index (Phi) is 5.56. The Morgan fingerprint density at radius 1 is 1.08 bits per heavy atom. The van der Waals surface area contributed by atoms with Gasteiger partial charge >= 0.3 is 0 Å². The molecular weight excluding hydrogens is 324 g/mol. The zero-order valence-corrected chi connectivity index (χ0v) is 14.9.